The second-order valence-corrected chi connectivity index (χ2v) is 13.5. The van der Waals surface area contributed by atoms with Gasteiger partial charge in [0.1, 0.15) is 0 Å². The molecule has 0 aliphatic rings. The van der Waals surface area contributed by atoms with Crippen molar-refractivity contribution in [3.63, 3.8) is 0 Å². The zero-order valence-corrected chi connectivity index (χ0v) is 27.7. The quantitative estimate of drug-likeness (QED) is 0.196. The van der Waals surface area contributed by atoms with Crippen molar-refractivity contribution in [2.45, 2.75) is 0 Å². The molecule has 11 aromatic rings. The maximum absolute atomic E-state index is 3.73. The van der Waals surface area contributed by atoms with Crippen LogP contribution in [0.5, 0.6) is 0 Å². The Labute approximate surface area is 294 Å². The first-order valence-electron chi connectivity index (χ1n) is 17.5. The summed E-state index contributed by atoms with van der Waals surface area (Å²) in [5.74, 6) is 0. The Morgan fingerprint density at radius 2 is 0.745 bits per heavy atom. The Balaban J connectivity index is 1.02. The van der Waals surface area contributed by atoms with Gasteiger partial charge in [0.2, 0.25) is 0 Å². The average Bonchev–Trinajstić information content (AvgIpc) is 3.85. The molecular formula is C48H31N3. The molecule has 1 N–H and O–H groups in total. The largest absolute Gasteiger partial charge is 0.354 e. The van der Waals surface area contributed by atoms with E-state index in [4.69, 9.17) is 0 Å². The van der Waals surface area contributed by atoms with Gasteiger partial charge in [-0.2, -0.15) is 0 Å². The van der Waals surface area contributed by atoms with E-state index < -0.39 is 0 Å². The van der Waals surface area contributed by atoms with Crippen molar-refractivity contribution in [2.24, 2.45) is 0 Å². The molecular weight excluding hydrogens is 619 g/mol. The van der Waals surface area contributed by atoms with Crippen LogP contribution in [0.2, 0.25) is 0 Å². The van der Waals surface area contributed by atoms with E-state index in [0.29, 0.717) is 0 Å². The summed E-state index contributed by atoms with van der Waals surface area (Å²) in [6.07, 6.45) is 0. The smallest absolute Gasteiger partial charge is 0.0547 e. The fourth-order valence-corrected chi connectivity index (χ4v) is 8.28. The summed E-state index contributed by atoms with van der Waals surface area (Å²) in [6.45, 7) is 0. The van der Waals surface area contributed by atoms with Gasteiger partial charge < -0.3 is 14.1 Å². The molecule has 11 rings (SSSR count). The van der Waals surface area contributed by atoms with Crippen molar-refractivity contribution in [1.82, 2.24) is 14.1 Å². The number of nitrogens with one attached hydrogen (secondary N) is 1. The van der Waals surface area contributed by atoms with Gasteiger partial charge in [0.25, 0.3) is 0 Å². The maximum Gasteiger partial charge on any atom is 0.0547 e. The van der Waals surface area contributed by atoms with Gasteiger partial charge in [-0.05, 0) is 95.1 Å². The van der Waals surface area contributed by atoms with Gasteiger partial charge in [-0.25, -0.2) is 0 Å². The van der Waals surface area contributed by atoms with Gasteiger partial charge >= 0.3 is 0 Å². The zero-order valence-electron chi connectivity index (χ0n) is 27.7. The summed E-state index contributed by atoms with van der Waals surface area (Å²) in [5, 5.41) is 7.53. The highest BCUT2D eigenvalue weighted by Gasteiger charge is 2.16. The van der Waals surface area contributed by atoms with E-state index >= 15 is 0 Å². The number of aromatic amines is 1. The second kappa shape index (κ2) is 10.8. The molecule has 0 amide bonds. The highest BCUT2D eigenvalue weighted by Crippen LogP contribution is 2.39. The Morgan fingerprint density at radius 1 is 0.275 bits per heavy atom. The Bertz CT molecular complexity index is 3120. The van der Waals surface area contributed by atoms with E-state index in [1.54, 1.807) is 0 Å². The summed E-state index contributed by atoms with van der Waals surface area (Å²) in [7, 11) is 0. The lowest BCUT2D eigenvalue weighted by Crippen LogP contribution is -1.93. The third-order valence-corrected chi connectivity index (χ3v) is 10.6. The Morgan fingerprint density at radius 3 is 1.45 bits per heavy atom. The Hall–Kier alpha value is -6.84. The van der Waals surface area contributed by atoms with E-state index in [0.717, 1.165) is 11.0 Å². The summed E-state index contributed by atoms with van der Waals surface area (Å²) < 4.78 is 4.75. The molecule has 0 saturated heterocycles. The van der Waals surface area contributed by atoms with Gasteiger partial charge in [-0.1, -0.05) is 109 Å². The van der Waals surface area contributed by atoms with E-state index in [2.05, 4.69) is 196 Å². The van der Waals surface area contributed by atoms with Crippen LogP contribution >= 0.6 is 0 Å². The van der Waals surface area contributed by atoms with Crippen LogP contribution in [-0.4, -0.2) is 14.1 Å². The summed E-state index contributed by atoms with van der Waals surface area (Å²) >= 11 is 0. The third kappa shape index (κ3) is 4.25. The highest BCUT2D eigenvalue weighted by atomic mass is 15.0. The molecule has 3 aromatic heterocycles. The number of hydrogen-bond acceptors (Lipinski definition) is 0. The predicted molar refractivity (Wildman–Crippen MR) is 215 cm³/mol. The fourth-order valence-electron chi connectivity index (χ4n) is 8.28. The molecule has 8 aromatic carbocycles. The lowest BCUT2D eigenvalue weighted by atomic mass is 9.99. The average molecular weight is 650 g/mol. The fraction of sp³-hybridized carbons (Fsp3) is 0. The van der Waals surface area contributed by atoms with Crippen LogP contribution in [0, 0.1) is 0 Å². The molecule has 0 fully saturated rings. The van der Waals surface area contributed by atoms with Gasteiger partial charge in [0.05, 0.1) is 22.1 Å². The first kappa shape index (κ1) is 28.0. The van der Waals surface area contributed by atoms with E-state index in [9.17, 15) is 0 Å². The molecule has 0 aliphatic heterocycles. The monoisotopic (exact) mass is 649 g/mol. The number of hydrogen-bond donors (Lipinski definition) is 1. The van der Waals surface area contributed by atoms with Crippen LogP contribution in [0.4, 0.5) is 0 Å². The maximum atomic E-state index is 3.73. The van der Waals surface area contributed by atoms with Crippen molar-refractivity contribution in [2.75, 3.05) is 0 Å². The molecule has 0 spiro atoms. The molecule has 3 nitrogen and oxygen atoms in total. The molecule has 0 radical (unpaired) electrons. The van der Waals surface area contributed by atoms with Crippen LogP contribution in [0.25, 0.3) is 99.0 Å². The molecule has 3 heteroatoms. The van der Waals surface area contributed by atoms with Crippen LogP contribution in [0.1, 0.15) is 0 Å². The van der Waals surface area contributed by atoms with Crippen LogP contribution in [0.15, 0.2) is 182 Å². The molecule has 0 unspecified atom stereocenters. The first-order chi connectivity index (χ1) is 25.3. The Kier molecular flexibility index (Phi) is 5.96. The number of rotatable bonds is 4. The van der Waals surface area contributed by atoms with Crippen molar-refractivity contribution in [3.8, 4) is 33.6 Å². The van der Waals surface area contributed by atoms with E-state index in [-0.39, 0.29) is 0 Å². The lowest BCUT2D eigenvalue weighted by Gasteiger charge is -2.09. The molecule has 51 heavy (non-hydrogen) atoms. The lowest BCUT2D eigenvalue weighted by molar-refractivity contribution is 1.18. The normalized spacial score (nSPS) is 11.9. The number of fused-ring (bicyclic) bond motifs is 9. The SMILES string of the molecule is c1ccc(-n2c3ccccc3c3cc(-c4ccc5[nH]c6cc(-c7ccc8c9ccccc9n(-c9ccccc9)c8c7)ccc6c5c4)ccc32)cc1. The number of benzene rings is 8. The minimum atomic E-state index is 1.14. The topological polar surface area (TPSA) is 25.6 Å². The summed E-state index contributed by atoms with van der Waals surface area (Å²) in [5.41, 5.74) is 14.3. The van der Waals surface area contributed by atoms with Gasteiger partial charge in [-0.15, -0.1) is 0 Å². The van der Waals surface area contributed by atoms with Crippen LogP contribution in [-0.2, 0) is 0 Å². The van der Waals surface area contributed by atoms with Crippen molar-refractivity contribution in [3.05, 3.63) is 182 Å². The molecule has 3 heterocycles. The third-order valence-electron chi connectivity index (χ3n) is 10.6. The van der Waals surface area contributed by atoms with Gasteiger partial charge in [0, 0.05) is 54.7 Å². The first-order valence-corrected chi connectivity index (χ1v) is 17.5. The molecule has 238 valence electrons. The van der Waals surface area contributed by atoms with E-state index in [1.807, 2.05) is 0 Å². The molecule has 0 bridgehead atoms. The van der Waals surface area contributed by atoms with Crippen molar-refractivity contribution >= 4 is 65.4 Å². The second-order valence-electron chi connectivity index (χ2n) is 13.5. The molecule has 0 atom stereocenters. The molecule has 0 aliphatic carbocycles. The van der Waals surface area contributed by atoms with Gasteiger partial charge in [0.15, 0.2) is 0 Å². The number of para-hydroxylation sites is 4. The van der Waals surface area contributed by atoms with E-state index in [1.165, 1.54) is 88.0 Å². The summed E-state index contributed by atoms with van der Waals surface area (Å²) in [6, 6.07) is 66.2. The van der Waals surface area contributed by atoms with Crippen molar-refractivity contribution < 1.29 is 0 Å². The molecule has 0 saturated carbocycles. The van der Waals surface area contributed by atoms with Crippen molar-refractivity contribution in [1.29, 1.82) is 0 Å². The number of H-pyrrole nitrogens is 1. The van der Waals surface area contributed by atoms with Crippen LogP contribution in [0.3, 0.4) is 0 Å². The minimum Gasteiger partial charge on any atom is -0.354 e. The number of aromatic nitrogens is 3. The minimum absolute atomic E-state index is 1.14. The number of nitrogens with zero attached hydrogens (tertiary/aromatic N) is 2. The predicted octanol–water partition coefficient (Wildman–Crippen LogP) is 12.8. The highest BCUT2D eigenvalue weighted by molar-refractivity contribution is 6.13. The standard InChI is InChI=1S/C48H31N3/c1-3-11-35(12-4-1)50-46-18-10-8-16-39(46)42-28-32(22-26-47(42)50)31-21-25-43-41(27-31)37-23-19-33(29-44(37)49-43)34-20-24-40-38-15-7-9-17-45(38)51(48(40)30-34)36-13-5-2-6-14-36/h1-30,49H. The van der Waals surface area contributed by atoms with Crippen LogP contribution < -0.4 is 0 Å². The van der Waals surface area contributed by atoms with Gasteiger partial charge in [-0.3, -0.25) is 0 Å². The zero-order chi connectivity index (χ0) is 33.5. The summed E-state index contributed by atoms with van der Waals surface area (Å²) in [4.78, 5) is 3.73.